The summed E-state index contributed by atoms with van der Waals surface area (Å²) in [6, 6.07) is 0.657. The van der Waals surface area contributed by atoms with E-state index in [2.05, 4.69) is 17.5 Å². The van der Waals surface area contributed by atoms with Crippen molar-refractivity contribution in [1.82, 2.24) is 5.32 Å². The van der Waals surface area contributed by atoms with Crippen molar-refractivity contribution in [2.45, 2.75) is 37.3 Å². The van der Waals surface area contributed by atoms with Crippen LogP contribution in [0, 0.1) is 11.8 Å². The standard InChI is InChI=1S/C11H17NO/c13-7-11(3-4-11)12-10-6-8-1-2-9(10)5-8/h1-2,8-10,12-13H,3-7H2/t8-,9+,10?/m1/s1. The lowest BCUT2D eigenvalue weighted by Crippen LogP contribution is -2.44. The second-order valence-electron chi connectivity index (χ2n) is 4.97. The van der Waals surface area contributed by atoms with Crippen LogP contribution in [0.25, 0.3) is 0 Å². The second kappa shape index (κ2) is 2.58. The maximum absolute atomic E-state index is 9.21. The highest BCUT2D eigenvalue weighted by Gasteiger charge is 2.46. The minimum Gasteiger partial charge on any atom is -0.394 e. The minimum absolute atomic E-state index is 0.128. The lowest BCUT2D eigenvalue weighted by Gasteiger charge is -2.25. The molecule has 3 aliphatic rings. The van der Waals surface area contributed by atoms with Crippen molar-refractivity contribution < 1.29 is 5.11 Å². The number of aliphatic hydroxyl groups is 1. The summed E-state index contributed by atoms with van der Waals surface area (Å²) >= 11 is 0. The van der Waals surface area contributed by atoms with Crippen LogP contribution in [0.2, 0.25) is 0 Å². The Balaban J connectivity index is 1.65. The van der Waals surface area contributed by atoms with Crippen LogP contribution < -0.4 is 5.32 Å². The smallest absolute Gasteiger partial charge is 0.0613 e. The SMILES string of the molecule is OCC1(NC2C[C@@H]3C=C[C@H]2C3)CC1. The van der Waals surface area contributed by atoms with Crippen LogP contribution >= 0.6 is 0 Å². The topological polar surface area (TPSA) is 32.3 Å². The fraction of sp³-hybridized carbons (Fsp3) is 0.818. The monoisotopic (exact) mass is 179 g/mol. The summed E-state index contributed by atoms with van der Waals surface area (Å²) < 4.78 is 0. The van der Waals surface area contributed by atoms with Gasteiger partial charge in [-0.05, 0) is 37.5 Å². The van der Waals surface area contributed by atoms with Crippen LogP contribution in [0.3, 0.4) is 0 Å². The van der Waals surface area contributed by atoms with Gasteiger partial charge in [-0.25, -0.2) is 0 Å². The van der Waals surface area contributed by atoms with Crippen molar-refractivity contribution >= 4 is 0 Å². The molecule has 0 aromatic rings. The van der Waals surface area contributed by atoms with Crippen molar-refractivity contribution in [3.63, 3.8) is 0 Å². The molecule has 3 rings (SSSR count). The molecule has 72 valence electrons. The quantitative estimate of drug-likeness (QED) is 0.635. The second-order valence-corrected chi connectivity index (χ2v) is 4.97. The predicted octanol–water partition coefficient (Wildman–Crippen LogP) is 1.07. The largest absolute Gasteiger partial charge is 0.394 e. The third kappa shape index (κ3) is 1.24. The van der Waals surface area contributed by atoms with E-state index in [-0.39, 0.29) is 5.54 Å². The molecule has 0 radical (unpaired) electrons. The van der Waals surface area contributed by atoms with Crippen molar-refractivity contribution in [3.8, 4) is 0 Å². The Kier molecular flexibility index (Phi) is 1.59. The maximum Gasteiger partial charge on any atom is 0.0613 e. The molecule has 2 heteroatoms. The number of nitrogens with one attached hydrogen (secondary N) is 1. The lowest BCUT2D eigenvalue weighted by molar-refractivity contribution is 0.212. The Morgan fingerprint density at radius 3 is 2.62 bits per heavy atom. The third-order valence-electron chi connectivity index (χ3n) is 3.93. The van der Waals surface area contributed by atoms with Crippen molar-refractivity contribution in [1.29, 1.82) is 0 Å². The molecule has 1 unspecified atom stereocenters. The van der Waals surface area contributed by atoms with Crippen LogP contribution in [0.15, 0.2) is 12.2 Å². The van der Waals surface area contributed by atoms with E-state index in [9.17, 15) is 5.11 Å². The average Bonchev–Trinajstić information content (AvgIpc) is 2.62. The van der Waals surface area contributed by atoms with E-state index in [0.717, 1.165) is 11.8 Å². The summed E-state index contributed by atoms with van der Waals surface area (Å²) in [5.41, 5.74) is 0.128. The highest BCUT2D eigenvalue weighted by atomic mass is 16.3. The van der Waals surface area contributed by atoms with Gasteiger partial charge in [0.15, 0.2) is 0 Å². The van der Waals surface area contributed by atoms with Gasteiger partial charge in [0.05, 0.1) is 6.61 Å². The van der Waals surface area contributed by atoms with E-state index in [0.29, 0.717) is 12.6 Å². The molecule has 2 nitrogen and oxygen atoms in total. The molecular formula is C11H17NO. The van der Waals surface area contributed by atoms with Crippen LogP contribution in [0.1, 0.15) is 25.7 Å². The van der Waals surface area contributed by atoms with E-state index in [1.807, 2.05) is 0 Å². The number of aliphatic hydroxyl groups excluding tert-OH is 1. The predicted molar refractivity (Wildman–Crippen MR) is 51.3 cm³/mol. The molecule has 13 heavy (non-hydrogen) atoms. The average molecular weight is 179 g/mol. The Hall–Kier alpha value is -0.340. The van der Waals surface area contributed by atoms with Crippen LogP contribution in [0.5, 0.6) is 0 Å². The molecule has 2 saturated carbocycles. The fourth-order valence-corrected chi connectivity index (χ4v) is 2.84. The van der Waals surface area contributed by atoms with Gasteiger partial charge in [0.2, 0.25) is 0 Å². The Labute approximate surface area is 79.0 Å². The van der Waals surface area contributed by atoms with E-state index >= 15 is 0 Å². The molecule has 2 fully saturated rings. The molecule has 3 aliphatic carbocycles. The minimum atomic E-state index is 0.128. The molecule has 0 amide bonds. The maximum atomic E-state index is 9.21. The summed E-state index contributed by atoms with van der Waals surface area (Å²) in [5.74, 6) is 1.59. The molecule has 2 N–H and O–H groups in total. The first-order valence-corrected chi connectivity index (χ1v) is 5.38. The number of fused-ring (bicyclic) bond motifs is 2. The Morgan fingerprint density at radius 2 is 2.15 bits per heavy atom. The van der Waals surface area contributed by atoms with Crippen LogP contribution in [0.4, 0.5) is 0 Å². The summed E-state index contributed by atoms with van der Waals surface area (Å²) in [4.78, 5) is 0. The summed E-state index contributed by atoms with van der Waals surface area (Å²) in [7, 11) is 0. The van der Waals surface area contributed by atoms with E-state index in [4.69, 9.17) is 0 Å². The zero-order valence-corrected chi connectivity index (χ0v) is 7.87. The zero-order chi connectivity index (χ0) is 8.89. The first-order valence-electron chi connectivity index (χ1n) is 5.38. The number of hydrogen-bond acceptors (Lipinski definition) is 2. The van der Waals surface area contributed by atoms with Crippen molar-refractivity contribution in [3.05, 3.63) is 12.2 Å². The van der Waals surface area contributed by atoms with Gasteiger partial charge in [0.1, 0.15) is 0 Å². The molecule has 2 bridgehead atoms. The first-order chi connectivity index (χ1) is 6.31. The number of hydrogen-bond donors (Lipinski definition) is 2. The Bertz CT molecular complexity index is 244. The molecule has 0 aromatic heterocycles. The van der Waals surface area contributed by atoms with Gasteiger partial charge in [-0.2, -0.15) is 0 Å². The number of allylic oxidation sites excluding steroid dienone is 1. The highest BCUT2D eigenvalue weighted by Crippen LogP contribution is 2.43. The molecular weight excluding hydrogens is 162 g/mol. The van der Waals surface area contributed by atoms with Gasteiger partial charge in [-0.3, -0.25) is 0 Å². The Morgan fingerprint density at radius 1 is 1.31 bits per heavy atom. The zero-order valence-electron chi connectivity index (χ0n) is 7.87. The van der Waals surface area contributed by atoms with Crippen molar-refractivity contribution in [2.24, 2.45) is 11.8 Å². The molecule has 0 spiro atoms. The van der Waals surface area contributed by atoms with Gasteiger partial charge in [0.25, 0.3) is 0 Å². The summed E-state index contributed by atoms with van der Waals surface area (Å²) in [6.45, 7) is 0.324. The van der Waals surface area contributed by atoms with Gasteiger partial charge >= 0.3 is 0 Å². The van der Waals surface area contributed by atoms with E-state index < -0.39 is 0 Å². The third-order valence-corrected chi connectivity index (χ3v) is 3.93. The lowest BCUT2D eigenvalue weighted by atomic mass is 10.0. The van der Waals surface area contributed by atoms with E-state index in [1.165, 1.54) is 25.7 Å². The fourth-order valence-electron chi connectivity index (χ4n) is 2.84. The van der Waals surface area contributed by atoms with E-state index in [1.54, 1.807) is 0 Å². The molecule has 3 atom stereocenters. The summed E-state index contributed by atoms with van der Waals surface area (Å²) in [5, 5.41) is 12.9. The summed E-state index contributed by atoms with van der Waals surface area (Å²) in [6.07, 6.45) is 9.70. The number of rotatable bonds is 3. The highest BCUT2D eigenvalue weighted by molar-refractivity contribution is 5.15. The molecule has 0 aromatic carbocycles. The van der Waals surface area contributed by atoms with Crippen molar-refractivity contribution in [2.75, 3.05) is 6.61 Å². The van der Waals surface area contributed by atoms with Gasteiger partial charge in [-0.15, -0.1) is 0 Å². The van der Waals surface area contributed by atoms with Gasteiger partial charge in [-0.1, -0.05) is 12.2 Å². The first kappa shape index (κ1) is 8.01. The van der Waals surface area contributed by atoms with Gasteiger partial charge in [0, 0.05) is 11.6 Å². The normalized spacial score (nSPS) is 44.2. The molecule has 0 aliphatic heterocycles. The van der Waals surface area contributed by atoms with Crippen LogP contribution in [-0.2, 0) is 0 Å². The molecule has 0 heterocycles. The van der Waals surface area contributed by atoms with Crippen LogP contribution in [-0.4, -0.2) is 23.3 Å². The molecule has 0 saturated heterocycles. The van der Waals surface area contributed by atoms with Gasteiger partial charge < -0.3 is 10.4 Å².